The fourth-order valence-electron chi connectivity index (χ4n) is 1.87. The number of carbonyl (C=O) groups is 1. The van der Waals surface area contributed by atoms with Crippen molar-refractivity contribution in [3.05, 3.63) is 24.3 Å². The molecule has 0 bridgehead atoms. The minimum Gasteiger partial charge on any atom is -0.484 e. The highest BCUT2D eigenvalue weighted by atomic mass is 19.4. The maximum Gasteiger partial charge on any atom is 0.573 e. The molecule has 1 aromatic carbocycles. The Morgan fingerprint density at radius 1 is 1.25 bits per heavy atom. The highest BCUT2D eigenvalue weighted by Gasteiger charge is 2.41. The third kappa shape index (κ3) is 3.77. The third-order valence-electron chi connectivity index (χ3n) is 2.76. The molecule has 1 heterocycles. The van der Waals surface area contributed by atoms with Gasteiger partial charge in [-0.15, -0.1) is 13.2 Å². The summed E-state index contributed by atoms with van der Waals surface area (Å²) in [6, 6.07) is 4.85. The van der Waals surface area contributed by atoms with Crippen LogP contribution in [0.3, 0.4) is 0 Å². The number of nitrogens with one attached hydrogen (secondary N) is 1. The average Bonchev–Trinajstić information content (AvgIpc) is 2.26. The van der Waals surface area contributed by atoms with Crippen molar-refractivity contribution in [3.8, 4) is 11.5 Å². The first-order valence-corrected chi connectivity index (χ1v) is 5.75. The predicted molar refractivity (Wildman–Crippen MR) is 61.6 cm³/mol. The van der Waals surface area contributed by atoms with Crippen LogP contribution in [-0.2, 0) is 4.79 Å². The first-order chi connectivity index (χ1) is 9.28. The summed E-state index contributed by atoms with van der Waals surface area (Å²) in [7, 11) is 0. The predicted octanol–water partition coefficient (Wildman–Crippen LogP) is 1.78. The minimum atomic E-state index is -4.75. The molecule has 0 atom stereocenters. The number of benzene rings is 1. The molecule has 8 heteroatoms. The highest BCUT2D eigenvalue weighted by molar-refractivity contribution is 5.68. The van der Waals surface area contributed by atoms with Gasteiger partial charge in [-0.1, -0.05) is 0 Å². The van der Waals surface area contributed by atoms with Crippen LogP contribution in [0, 0.1) is 0 Å². The molecular weight excluding hydrogens is 279 g/mol. The van der Waals surface area contributed by atoms with E-state index in [0.717, 1.165) is 12.1 Å². The van der Waals surface area contributed by atoms with Crippen LogP contribution in [0.2, 0.25) is 0 Å². The quantitative estimate of drug-likeness (QED) is 0.865. The summed E-state index contributed by atoms with van der Waals surface area (Å²) >= 11 is 0. The van der Waals surface area contributed by atoms with Crippen LogP contribution in [0.4, 0.5) is 13.2 Å². The minimum absolute atomic E-state index is 0.180. The zero-order chi connectivity index (χ0) is 14.8. The molecule has 2 N–H and O–H groups in total. The van der Waals surface area contributed by atoms with Crippen molar-refractivity contribution >= 4 is 5.97 Å². The monoisotopic (exact) mass is 291 g/mol. The Kier molecular flexibility index (Phi) is 3.76. The van der Waals surface area contributed by atoms with Crippen LogP contribution in [0.25, 0.3) is 0 Å². The molecule has 0 spiro atoms. The second kappa shape index (κ2) is 5.20. The van der Waals surface area contributed by atoms with E-state index in [1.54, 1.807) is 0 Å². The van der Waals surface area contributed by atoms with Gasteiger partial charge in [-0.05, 0) is 24.3 Å². The van der Waals surface area contributed by atoms with E-state index in [1.165, 1.54) is 12.1 Å². The summed E-state index contributed by atoms with van der Waals surface area (Å²) in [6.07, 6.45) is -4.93. The van der Waals surface area contributed by atoms with Crippen LogP contribution < -0.4 is 14.8 Å². The van der Waals surface area contributed by atoms with Gasteiger partial charge >= 0.3 is 12.3 Å². The van der Waals surface area contributed by atoms with Crippen molar-refractivity contribution in [3.63, 3.8) is 0 Å². The van der Waals surface area contributed by atoms with E-state index in [9.17, 15) is 18.0 Å². The summed E-state index contributed by atoms with van der Waals surface area (Å²) in [5, 5.41) is 11.7. The van der Waals surface area contributed by atoms with Gasteiger partial charge in [-0.3, -0.25) is 4.79 Å². The van der Waals surface area contributed by atoms with Crippen molar-refractivity contribution in [1.29, 1.82) is 0 Å². The topological polar surface area (TPSA) is 67.8 Å². The van der Waals surface area contributed by atoms with Crippen molar-refractivity contribution < 1.29 is 32.5 Å². The molecule has 0 aliphatic carbocycles. The zero-order valence-corrected chi connectivity index (χ0v) is 10.2. The van der Waals surface area contributed by atoms with Gasteiger partial charge in [-0.25, -0.2) is 0 Å². The molecule has 5 nitrogen and oxygen atoms in total. The van der Waals surface area contributed by atoms with Gasteiger partial charge in [0, 0.05) is 13.1 Å². The first kappa shape index (κ1) is 14.4. The second-order valence-corrected chi connectivity index (χ2v) is 4.48. The fourth-order valence-corrected chi connectivity index (χ4v) is 1.87. The number of hydrogen-bond donors (Lipinski definition) is 2. The molecule has 1 saturated heterocycles. The number of carboxylic acids is 1. The molecule has 20 heavy (non-hydrogen) atoms. The Hall–Kier alpha value is -1.96. The Bertz CT molecular complexity index is 482. The number of ether oxygens (including phenoxy) is 2. The van der Waals surface area contributed by atoms with E-state index in [-0.39, 0.29) is 12.2 Å². The lowest BCUT2D eigenvalue weighted by molar-refractivity contribution is -0.274. The van der Waals surface area contributed by atoms with Gasteiger partial charge in [0.2, 0.25) is 0 Å². The summed E-state index contributed by atoms with van der Waals surface area (Å²) in [6.45, 7) is 0.750. The zero-order valence-electron chi connectivity index (χ0n) is 10.2. The highest BCUT2D eigenvalue weighted by Crippen LogP contribution is 2.29. The lowest BCUT2D eigenvalue weighted by atomic mass is 9.92. The van der Waals surface area contributed by atoms with E-state index in [1.807, 2.05) is 0 Å². The molecule has 0 radical (unpaired) electrons. The van der Waals surface area contributed by atoms with Gasteiger partial charge in [-0.2, -0.15) is 0 Å². The Morgan fingerprint density at radius 2 is 1.80 bits per heavy atom. The van der Waals surface area contributed by atoms with Gasteiger partial charge in [0.15, 0.2) is 0 Å². The molecule has 0 aromatic heterocycles. The van der Waals surface area contributed by atoms with Gasteiger partial charge in [0.1, 0.15) is 17.1 Å². The van der Waals surface area contributed by atoms with Crippen LogP contribution in [0.1, 0.15) is 6.42 Å². The SMILES string of the molecule is O=C(O)CC1(Oc2ccc(OC(F)(F)F)cc2)CNC1. The molecule has 2 rings (SSSR count). The number of alkyl halides is 3. The molecule has 1 aliphatic rings. The number of halogens is 3. The van der Waals surface area contributed by atoms with Crippen LogP contribution in [0.15, 0.2) is 24.3 Å². The fraction of sp³-hybridized carbons (Fsp3) is 0.417. The van der Waals surface area contributed by atoms with Crippen molar-refractivity contribution in [2.75, 3.05) is 13.1 Å². The smallest absolute Gasteiger partial charge is 0.484 e. The van der Waals surface area contributed by atoms with Crippen LogP contribution >= 0.6 is 0 Å². The Balaban J connectivity index is 2.01. The summed E-state index contributed by atoms with van der Waals surface area (Å²) in [5.41, 5.74) is -0.849. The maximum atomic E-state index is 12.0. The summed E-state index contributed by atoms with van der Waals surface area (Å²) in [5.74, 6) is -1.06. The number of carboxylic acid groups (broad SMARTS) is 1. The molecule has 110 valence electrons. The van der Waals surface area contributed by atoms with Crippen molar-refractivity contribution in [2.45, 2.75) is 18.4 Å². The number of rotatable bonds is 5. The summed E-state index contributed by atoms with van der Waals surface area (Å²) in [4.78, 5) is 10.8. The molecule has 1 fully saturated rings. The summed E-state index contributed by atoms with van der Waals surface area (Å²) < 4.78 is 45.3. The van der Waals surface area contributed by atoms with E-state index in [0.29, 0.717) is 18.8 Å². The molecule has 0 unspecified atom stereocenters. The number of aliphatic carboxylic acids is 1. The average molecular weight is 291 g/mol. The molecule has 0 amide bonds. The molecule has 1 aliphatic heterocycles. The standard InChI is InChI=1S/C12H12F3NO4/c13-12(14,15)20-9-3-1-8(2-4-9)19-11(5-10(17)18)6-16-7-11/h1-4,16H,5-7H2,(H,17,18). The van der Waals surface area contributed by atoms with E-state index in [2.05, 4.69) is 10.1 Å². The Labute approximate surface area is 112 Å². The van der Waals surface area contributed by atoms with E-state index >= 15 is 0 Å². The third-order valence-corrected chi connectivity index (χ3v) is 2.76. The first-order valence-electron chi connectivity index (χ1n) is 5.75. The van der Waals surface area contributed by atoms with Crippen LogP contribution in [0.5, 0.6) is 11.5 Å². The second-order valence-electron chi connectivity index (χ2n) is 4.48. The Morgan fingerprint density at radius 3 is 2.20 bits per heavy atom. The van der Waals surface area contributed by atoms with E-state index in [4.69, 9.17) is 9.84 Å². The van der Waals surface area contributed by atoms with Gasteiger partial charge < -0.3 is 19.9 Å². The van der Waals surface area contributed by atoms with Gasteiger partial charge in [0.05, 0.1) is 6.42 Å². The molecule has 1 aromatic rings. The van der Waals surface area contributed by atoms with Crippen molar-refractivity contribution in [2.24, 2.45) is 0 Å². The normalized spacial score (nSPS) is 17.1. The van der Waals surface area contributed by atoms with Crippen molar-refractivity contribution in [1.82, 2.24) is 5.32 Å². The number of hydrogen-bond acceptors (Lipinski definition) is 4. The maximum absolute atomic E-state index is 12.0. The largest absolute Gasteiger partial charge is 0.573 e. The lowest BCUT2D eigenvalue weighted by Crippen LogP contribution is -2.64. The molecular formula is C12H12F3NO4. The lowest BCUT2D eigenvalue weighted by Gasteiger charge is -2.41. The van der Waals surface area contributed by atoms with Gasteiger partial charge in [0.25, 0.3) is 0 Å². The van der Waals surface area contributed by atoms with Crippen LogP contribution in [-0.4, -0.2) is 36.1 Å². The van der Waals surface area contributed by atoms with E-state index < -0.39 is 17.9 Å². The molecule has 0 saturated carbocycles.